The molecular formula is C9H11NO4S. The van der Waals surface area contributed by atoms with Gasteiger partial charge in [-0.05, 0) is 29.8 Å². The van der Waals surface area contributed by atoms with Crippen molar-refractivity contribution < 1.29 is 18.1 Å². The minimum Gasteiger partial charge on any atom is -0.508 e. The molecule has 6 heteroatoms. The van der Waals surface area contributed by atoms with E-state index < -0.39 is 10.1 Å². The molecule has 82 valence electrons. The number of hydrogen-bond donors (Lipinski definition) is 2. The summed E-state index contributed by atoms with van der Waals surface area (Å²) in [5.74, 6) is -0.230. The Labute approximate surface area is 87.8 Å². The molecule has 15 heavy (non-hydrogen) atoms. The third-order valence-corrected chi connectivity index (χ3v) is 2.31. The summed E-state index contributed by atoms with van der Waals surface area (Å²) < 4.78 is 29.1. The Kier molecular flexibility index (Phi) is 3.81. The molecule has 0 aromatic heterocycles. The summed E-state index contributed by atoms with van der Waals surface area (Å²) in [5.41, 5.74) is 0.753. The van der Waals surface area contributed by atoms with Gasteiger partial charge in [-0.2, -0.15) is 8.42 Å². The molecule has 1 rings (SSSR count). The second kappa shape index (κ2) is 4.90. The zero-order chi connectivity index (χ0) is 11.3. The predicted molar refractivity (Wildman–Crippen MR) is 57.0 cm³/mol. The Morgan fingerprint density at radius 2 is 1.87 bits per heavy atom. The van der Waals surface area contributed by atoms with Crippen LogP contribution >= 0.6 is 0 Å². The van der Waals surface area contributed by atoms with Gasteiger partial charge in [0.05, 0.1) is 12.3 Å². The Balaban J connectivity index is 2.48. The highest BCUT2D eigenvalue weighted by Gasteiger charge is 2.01. The van der Waals surface area contributed by atoms with Crippen molar-refractivity contribution in [1.82, 2.24) is 0 Å². The molecule has 0 heterocycles. The lowest BCUT2D eigenvalue weighted by atomic mass is 10.2. The Hall–Kier alpha value is -1.40. The number of nitrogens with zero attached hydrogens (tertiary/aromatic N) is 1. The van der Waals surface area contributed by atoms with Gasteiger partial charge in [0.2, 0.25) is 0 Å². The van der Waals surface area contributed by atoms with Gasteiger partial charge in [-0.1, -0.05) is 0 Å². The van der Waals surface area contributed by atoms with Gasteiger partial charge in [0, 0.05) is 6.21 Å². The van der Waals surface area contributed by atoms with Crippen LogP contribution in [0.4, 0.5) is 0 Å². The van der Waals surface area contributed by atoms with Crippen LogP contribution in [-0.4, -0.2) is 36.6 Å². The normalized spacial score (nSPS) is 12.1. The second-order valence-corrected chi connectivity index (χ2v) is 4.48. The van der Waals surface area contributed by atoms with Crippen LogP contribution in [0.1, 0.15) is 5.56 Å². The van der Waals surface area contributed by atoms with Crippen LogP contribution in [0.15, 0.2) is 29.3 Å². The van der Waals surface area contributed by atoms with Crippen LogP contribution < -0.4 is 0 Å². The first-order chi connectivity index (χ1) is 6.97. The van der Waals surface area contributed by atoms with E-state index in [-0.39, 0.29) is 18.0 Å². The van der Waals surface area contributed by atoms with E-state index in [4.69, 9.17) is 9.66 Å². The number of rotatable bonds is 4. The van der Waals surface area contributed by atoms with Gasteiger partial charge in [0.25, 0.3) is 10.1 Å². The molecule has 5 nitrogen and oxygen atoms in total. The number of benzene rings is 1. The minimum atomic E-state index is -3.94. The van der Waals surface area contributed by atoms with Crippen LogP contribution in [0, 0.1) is 0 Å². The largest absolute Gasteiger partial charge is 0.508 e. The van der Waals surface area contributed by atoms with Crippen molar-refractivity contribution in [3.8, 4) is 5.75 Å². The number of hydrogen-bond acceptors (Lipinski definition) is 4. The van der Waals surface area contributed by atoms with Gasteiger partial charge in [-0.25, -0.2) is 0 Å². The molecule has 2 N–H and O–H groups in total. The van der Waals surface area contributed by atoms with Crippen molar-refractivity contribution in [2.24, 2.45) is 4.99 Å². The molecule has 0 spiro atoms. The zero-order valence-corrected chi connectivity index (χ0v) is 8.68. The van der Waals surface area contributed by atoms with Gasteiger partial charge in [-0.3, -0.25) is 9.55 Å². The second-order valence-electron chi connectivity index (χ2n) is 2.91. The predicted octanol–water partition coefficient (Wildman–Crippen LogP) is 0.699. The van der Waals surface area contributed by atoms with Crippen molar-refractivity contribution in [3.63, 3.8) is 0 Å². The van der Waals surface area contributed by atoms with Crippen molar-refractivity contribution in [1.29, 1.82) is 0 Å². The third-order valence-electron chi connectivity index (χ3n) is 1.61. The molecule has 0 aliphatic carbocycles. The molecule has 0 unspecified atom stereocenters. The first kappa shape index (κ1) is 11.7. The molecule has 0 saturated heterocycles. The summed E-state index contributed by atoms with van der Waals surface area (Å²) in [4.78, 5) is 3.81. The SMILES string of the molecule is O=S(=O)(O)CCN=Cc1ccc(O)cc1. The standard InChI is InChI=1S/C9H11NO4S/c11-9-3-1-8(2-4-9)7-10-5-6-15(12,13)14/h1-4,7,11H,5-6H2,(H,12,13,14). The van der Waals surface area contributed by atoms with E-state index in [0.29, 0.717) is 0 Å². The molecule has 0 bridgehead atoms. The maximum atomic E-state index is 10.3. The summed E-state index contributed by atoms with van der Waals surface area (Å²) in [6.07, 6.45) is 1.48. The molecular weight excluding hydrogens is 218 g/mol. The maximum absolute atomic E-state index is 10.3. The van der Waals surface area contributed by atoms with Gasteiger partial charge in [0.1, 0.15) is 5.75 Å². The monoisotopic (exact) mass is 229 g/mol. The lowest BCUT2D eigenvalue weighted by Crippen LogP contribution is -2.06. The third kappa shape index (κ3) is 5.14. The molecule has 0 amide bonds. The van der Waals surface area contributed by atoms with Gasteiger partial charge in [-0.15, -0.1) is 0 Å². The molecule has 0 radical (unpaired) electrons. The highest BCUT2D eigenvalue weighted by Crippen LogP contribution is 2.07. The lowest BCUT2D eigenvalue weighted by molar-refractivity contribution is 0.475. The van der Waals surface area contributed by atoms with Crippen LogP contribution in [-0.2, 0) is 10.1 Å². The van der Waals surface area contributed by atoms with Crippen LogP contribution in [0.2, 0.25) is 0 Å². The van der Waals surface area contributed by atoms with Crippen molar-refractivity contribution >= 4 is 16.3 Å². The van der Waals surface area contributed by atoms with E-state index in [2.05, 4.69) is 4.99 Å². The summed E-state index contributed by atoms with van der Waals surface area (Å²) in [7, 11) is -3.94. The Morgan fingerprint density at radius 3 is 2.40 bits per heavy atom. The fourth-order valence-corrected chi connectivity index (χ4v) is 1.23. The van der Waals surface area contributed by atoms with Gasteiger partial charge in [0.15, 0.2) is 0 Å². The number of aliphatic imine (C=N–C) groups is 1. The molecule has 1 aromatic rings. The van der Waals surface area contributed by atoms with Crippen LogP contribution in [0.5, 0.6) is 5.75 Å². The fourth-order valence-electron chi connectivity index (χ4n) is 0.898. The van der Waals surface area contributed by atoms with Crippen LogP contribution in [0.3, 0.4) is 0 Å². The van der Waals surface area contributed by atoms with Gasteiger partial charge < -0.3 is 5.11 Å². The molecule has 0 atom stereocenters. The average Bonchev–Trinajstić information content (AvgIpc) is 2.14. The molecule has 0 aliphatic rings. The topological polar surface area (TPSA) is 87.0 Å². The van der Waals surface area contributed by atoms with E-state index >= 15 is 0 Å². The van der Waals surface area contributed by atoms with Gasteiger partial charge >= 0.3 is 0 Å². The fraction of sp³-hybridized carbons (Fsp3) is 0.222. The Bertz CT molecular complexity index is 436. The number of phenols is 1. The first-order valence-electron chi connectivity index (χ1n) is 4.21. The summed E-state index contributed by atoms with van der Waals surface area (Å²) >= 11 is 0. The van der Waals surface area contributed by atoms with E-state index in [1.54, 1.807) is 12.1 Å². The molecule has 0 fully saturated rings. The van der Waals surface area contributed by atoms with E-state index in [0.717, 1.165) is 5.56 Å². The number of aromatic hydroxyl groups is 1. The van der Waals surface area contributed by atoms with Crippen molar-refractivity contribution in [2.75, 3.05) is 12.3 Å². The first-order valence-corrected chi connectivity index (χ1v) is 5.82. The quantitative estimate of drug-likeness (QED) is 0.587. The molecule has 1 aromatic carbocycles. The van der Waals surface area contributed by atoms with Crippen molar-refractivity contribution in [2.45, 2.75) is 0 Å². The van der Waals surface area contributed by atoms with E-state index in [9.17, 15) is 8.42 Å². The van der Waals surface area contributed by atoms with Crippen molar-refractivity contribution in [3.05, 3.63) is 29.8 Å². The zero-order valence-electron chi connectivity index (χ0n) is 7.87. The molecule has 0 saturated carbocycles. The van der Waals surface area contributed by atoms with Crippen LogP contribution in [0.25, 0.3) is 0 Å². The summed E-state index contributed by atoms with van der Waals surface area (Å²) in [5, 5.41) is 8.98. The van der Waals surface area contributed by atoms with E-state index in [1.165, 1.54) is 18.3 Å². The number of phenolic OH excluding ortho intramolecular Hbond substituents is 1. The minimum absolute atomic E-state index is 0.0136. The smallest absolute Gasteiger partial charge is 0.266 e. The average molecular weight is 229 g/mol. The lowest BCUT2D eigenvalue weighted by Gasteiger charge is -1.94. The maximum Gasteiger partial charge on any atom is 0.266 e. The van der Waals surface area contributed by atoms with E-state index in [1.807, 2.05) is 0 Å². The highest BCUT2D eigenvalue weighted by atomic mass is 32.2. The highest BCUT2D eigenvalue weighted by molar-refractivity contribution is 7.85. The summed E-state index contributed by atoms with van der Waals surface area (Å²) in [6, 6.07) is 6.30. The summed E-state index contributed by atoms with van der Waals surface area (Å²) in [6.45, 7) is 0.0136. The molecule has 0 aliphatic heterocycles. The Morgan fingerprint density at radius 1 is 1.27 bits per heavy atom.